The molecule has 0 aromatic heterocycles. The Balaban J connectivity index is 1.45. The monoisotopic (exact) mass is 502 g/mol. The number of fused-ring (bicyclic) bond motifs is 1. The van der Waals surface area contributed by atoms with Crippen LogP contribution in [-0.4, -0.2) is 41.8 Å². The number of anilines is 1. The topological polar surface area (TPSA) is 117 Å². The Hall–Kier alpha value is -3.66. The molecule has 3 N–H and O–H groups in total. The van der Waals surface area contributed by atoms with Crippen molar-refractivity contribution in [2.75, 3.05) is 12.4 Å². The number of rotatable bonds is 6. The quantitative estimate of drug-likeness (QED) is 0.525. The van der Waals surface area contributed by atoms with Gasteiger partial charge in [0.15, 0.2) is 0 Å². The second-order valence-electron chi connectivity index (χ2n) is 8.27. The van der Waals surface area contributed by atoms with Gasteiger partial charge in [0.1, 0.15) is 17.6 Å². The van der Waals surface area contributed by atoms with Crippen LogP contribution in [0.3, 0.4) is 0 Å². The van der Waals surface area contributed by atoms with Crippen LogP contribution < -0.4 is 20.7 Å². The normalized spacial score (nSPS) is 17.2. The van der Waals surface area contributed by atoms with E-state index in [0.717, 1.165) is 5.56 Å². The van der Waals surface area contributed by atoms with E-state index >= 15 is 4.39 Å². The number of hydrogen-bond donors (Lipinski definition) is 3. The molecule has 0 spiro atoms. The average molecular weight is 503 g/mol. The molecular formula is C24H24ClFN4O5. The Kier molecular flexibility index (Phi) is 6.93. The number of imide groups is 1. The molecule has 0 bridgehead atoms. The second kappa shape index (κ2) is 9.91. The highest BCUT2D eigenvalue weighted by molar-refractivity contribution is 6.32. The minimum Gasteiger partial charge on any atom is -0.495 e. The fraction of sp³-hybridized carbons (Fsp3) is 0.333. The standard InChI is InChI=1S/C24H24ClFN4O5/c1-3-12-8-16(25)19(35-2)9-17(12)28-24(34)27-10-13-4-5-14-15(21(13)26)11-30(23(14)33)18-6-7-20(31)29-22(18)32/h4-5,8-9,18H,3,6-7,10-11H2,1-2H3,(H2,27,28,34)(H,29,31,32). The average Bonchev–Trinajstić information content (AvgIpc) is 3.16. The highest BCUT2D eigenvalue weighted by Crippen LogP contribution is 2.32. The smallest absolute Gasteiger partial charge is 0.319 e. The van der Waals surface area contributed by atoms with E-state index in [2.05, 4.69) is 16.0 Å². The Morgan fingerprint density at radius 3 is 2.71 bits per heavy atom. The zero-order chi connectivity index (χ0) is 25.3. The van der Waals surface area contributed by atoms with Gasteiger partial charge >= 0.3 is 6.03 Å². The molecule has 35 heavy (non-hydrogen) atoms. The van der Waals surface area contributed by atoms with Gasteiger partial charge in [0, 0.05) is 41.4 Å². The molecule has 1 fully saturated rings. The molecule has 2 heterocycles. The van der Waals surface area contributed by atoms with Crippen molar-refractivity contribution in [2.24, 2.45) is 0 Å². The predicted octanol–water partition coefficient (Wildman–Crippen LogP) is 3.13. The summed E-state index contributed by atoms with van der Waals surface area (Å²) in [7, 11) is 1.47. The number of methoxy groups -OCH3 is 1. The summed E-state index contributed by atoms with van der Waals surface area (Å²) in [5, 5.41) is 7.98. The lowest BCUT2D eigenvalue weighted by molar-refractivity contribution is -0.136. The number of amides is 5. The number of nitrogens with zero attached hydrogens (tertiary/aromatic N) is 1. The first kappa shape index (κ1) is 24.5. The largest absolute Gasteiger partial charge is 0.495 e. The first-order valence-electron chi connectivity index (χ1n) is 11.1. The first-order chi connectivity index (χ1) is 16.7. The molecular weight excluding hydrogens is 479 g/mol. The molecule has 9 nitrogen and oxygen atoms in total. The number of nitrogens with one attached hydrogen (secondary N) is 3. The molecule has 2 aliphatic rings. The number of benzene rings is 2. The van der Waals surface area contributed by atoms with Gasteiger partial charge in [0.05, 0.1) is 18.7 Å². The summed E-state index contributed by atoms with van der Waals surface area (Å²) < 4.78 is 20.5. The number of piperidine rings is 1. The van der Waals surface area contributed by atoms with Crippen molar-refractivity contribution in [3.63, 3.8) is 0 Å². The van der Waals surface area contributed by atoms with Gasteiger partial charge in [-0.25, -0.2) is 9.18 Å². The molecule has 0 radical (unpaired) electrons. The van der Waals surface area contributed by atoms with Crippen molar-refractivity contribution in [3.8, 4) is 5.75 Å². The van der Waals surface area contributed by atoms with E-state index in [1.165, 1.54) is 24.1 Å². The molecule has 0 aliphatic carbocycles. The Bertz CT molecular complexity index is 1230. The molecule has 184 valence electrons. The zero-order valence-electron chi connectivity index (χ0n) is 19.2. The van der Waals surface area contributed by atoms with Crippen LogP contribution in [-0.2, 0) is 29.1 Å². The van der Waals surface area contributed by atoms with Gasteiger partial charge in [0.2, 0.25) is 11.8 Å². The van der Waals surface area contributed by atoms with Crippen LogP contribution in [0.15, 0.2) is 24.3 Å². The van der Waals surface area contributed by atoms with Crippen molar-refractivity contribution in [3.05, 3.63) is 57.4 Å². The van der Waals surface area contributed by atoms with Gasteiger partial charge in [-0.3, -0.25) is 19.7 Å². The molecule has 2 aliphatic heterocycles. The summed E-state index contributed by atoms with van der Waals surface area (Å²) in [6.07, 6.45) is 0.925. The summed E-state index contributed by atoms with van der Waals surface area (Å²) in [6.45, 7) is 1.71. The predicted molar refractivity (Wildman–Crippen MR) is 126 cm³/mol. The molecule has 2 aromatic carbocycles. The van der Waals surface area contributed by atoms with Crippen LogP contribution in [0.5, 0.6) is 5.75 Å². The number of halogens is 2. The van der Waals surface area contributed by atoms with Crippen LogP contribution >= 0.6 is 11.6 Å². The Morgan fingerprint density at radius 1 is 1.26 bits per heavy atom. The lowest BCUT2D eigenvalue weighted by Gasteiger charge is -2.29. The van der Waals surface area contributed by atoms with Crippen LogP contribution in [0.4, 0.5) is 14.9 Å². The molecule has 0 saturated carbocycles. The summed E-state index contributed by atoms with van der Waals surface area (Å²) in [4.78, 5) is 50.2. The first-order valence-corrected chi connectivity index (χ1v) is 11.5. The van der Waals surface area contributed by atoms with Gasteiger partial charge < -0.3 is 20.3 Å². The Morgan fingerprint density at radius 2 is 2.03 bits per heavy atom. The van der Waals surface area contributed by atoms with E-state index in [1.54, 1.807) is 12.1 Å². The number of carbonyl (C=O) groups excluding carboxylic acids is 4. The lowest BCUT2D eigenvalue weighted by Crippen LogP contribution is -2.52. The van der Waals surface area contributed by atoms with Crippen molar-refractivity contribution in [1.29, 1.82) is 0 Å². The Labute approximate surface area is 205 Å². The van der Waals surface area contributed by atoms with Crippen LogP contribution in [0.2, 0.25) is 5.02 Å². The van der Waals surface area contributed by atoms with Crippen LogP contribution in [0.25, 0.3) is 0 Å². The summed E-state index contributed by atoms with van der Waals surface area (Å²) in [5.41, 5.74) is 1.85. The molecule has 1 atom stereocenters. The molecule has 11 heteroatoms. The van der Waals surface area contributed by atoms with E-state index in [1.807, 2.05) is 6.92 Å². The zero-order valence-corrected chi connectivity index (χ0v) is 19.9. The van der Waals surface area contributed by atoms with Crippen LogP contribution in [0.1, 0.15) is 46.8 Å². The van der Waals surface area contributed by atoms with Crippen LogP contribution in [0, 0.1) is 5.82 Å². The third-order valence-corrected chi connectivity index (χ3v) is 6.47. The summed E-state index contributed by atoms with van der Waals surface area (Å²) >= 11 is 6.15. The fourth-order valence-corrected chi connectivity index (χ4v) is 4.55. The second-order valence-corrected chi connectivity index (χ2v) is 8.68. The van der Waals surface area contributed by atoms with Crippen molar-refractivity contribution in [1.82, 2.24) is 15.5 Å². The number of carbonyl (C=O) groups is 4. The highest BCUT2D eigenvalue weighted by atomic mass is 35.5. The fourth-order valence-electron chi connectivity index (χ4n) is 4.29. The summed E-state index contributed by atoms with van der Waals surface area (Å²) in [5.74, 6) is -1.63. The molecule has 5 amide bonds. The SMILES string of the molecule is CCc1cc(Cl)c(OC)cc1NC(=O)NCc1ccc2c(c1F)CN(C1CCC(=O)NC1=O)C2=O. The highest BCUT2D eigenvalue weighted by Gasteiger charge is 2.40. The van der Waals surface area contributed by atoms with E-state index in [9.17, 15) is 19.2 Å². The number of aryl methyl sites for hydroxylation is 1. The number of hydrogen-bond acceptors (Lipinski definition) is 5. The van der Waals surface area contributed by atoms with Gasteiger partial charge in [-0.15, -0.1) is 0 Å². The van der Waals surface area contributed by atoms with Gasteiger partial charge in [-0.1, -0.05) is 24.6 Å². The minimum absolute atomic E-state index is 0.0866. The third-order valence-electron chi connectivity index (χ3n) is 6.18. The summed E-state index contributed by atoms with van der Waals surface area (Å²) in [6, 6.07) is 4.87. The maximum absolute atomic E-state index is 15.2. The lowest BCUT2D eigenvalue weighted by atomic mass is 10.0. The van der Waals surface area contributed by atoms with Gasteiger partial charge in [-0.2, -0.15) is 0 Å². The maximum atomic E-state index is 15.2. The molecule has 1 unspecified atom stereocenters. The third kappa shape index (κ3) is 4.79. The molecule has 1 saturated heterocycles. The van der Waals surface area contributed by atoms with Crippen molar-refractivity contribution >= 4 is 41.0 Å². The number of urea groups is 1. The minimum atomic E-state index is -0.830. The molecule has 2 aromatic rings. The van der Waals surface area contributed by atoms with Crippen molar-refractivity contribution < 1.29 is 28.3 Å². The van der Waals surface area contributed by atoms with E-state index in [0.29, 0.717) is 22.9 Å². The molecule has 4 rings (SSSR count). The van der Waals surface area contributed by atoms with Gasteiger partial charge in [0.25, 0.3) is 5.91 Å². The van der Waals surface area contributed by atoms with Gasteiger partial charge in [-0.05, 0) is 30.5 Å². The number of ether oxygens (including phenoxy) is 1. The van der Waals surface area contributed by atoms with Crippen molar-refractivity contribution in [2.45, 2.75) is 45.3 Å². The van der Waals surface area contributed by atoms with E-state index in [4.69, 9.17) is 16.3 Å². The van der Waals surface area contributed by atoms with E-state index in [-0.39, 0.29) is 42.6 Å². The van der Waals surface area contributed by atoms with E-state index < -0.39 is 35.6 Å². The maximum Gasteiger partial charge on any atom is 0.319 e.